The van der Waals surface area contributed by atoms with Crippen LogP contribution in [0.25, 0.3) is 0 Å². The zero-order valence-corrected chi connectivity index (χ0v) is 9.79. The number of rotatable bonds is 2. The molecule has 1 aromatic rings. The van der Waals surface area contributed by atoms with Crippen molar-refractivity contribution in [3.05, 3.63) is 29.6 Å². The van der Waals surface area contributed by atoms with E-state index in [0.29, 0.717) is 18.7 Å². The van der Waals surface area contributed by atoms with Gasteiger partial charge in [-0.05, 0) is 12.1 Å². The Morgan fingerprint density at radius 1 is 1.41 bits per heavy atom. The van der Waals surface area contributed by atoms with Crippen molar-refractivity contribution in [3.63, 3.8) is 0 Å². The van der Waals surface area contributed by atoms with Crippen molar-refractivity contribution in [1.29, 1.82) is 0 Å². The zero-order valence-electron chi connectivity index (χ0n) is 9.79. The van der Waals surface area contributed by atoms with Crippen LogP contribution in [0.4, 0.5) is 10.1 Å². The van der Waals surface area contributed by atoms with E-state index in [2.05, 4.69) is 10.6 Å². The highest BCUT2D eigenvalue weighted by Crippen LogP contribution is 2.20. The SMILES string of the molecule is CNc1c(F)cccc1C(=O)N1CCNCC1. The molecule has 2 rings (SSSR count). The molecule has 0 aromatic heterocycles. The molecule has 2 N–H and O–H groups in total. The highest BCUT2D eigenvalue weighted by Gasteiger charge is 2.21. The van der Waals surface area contributed by atoms with Gasteiger partial charge in [-0.15, -0.1) is 0 Å². The van der Waals surface area contributed by atoms with Crippen LogP contribution in [0.3, 0.4) is 0 Å². The molecule has 1 aliphatic heterocycles. The Bertz CT molecular complexity index is 416. The van der Waals surface area contributed by atoms with Crippen LogP contribution in [0.2, 0.25) is 0 Å². The van der Waals surface area contributed by atoms with Crippen LogP contribution in [0.5, 0.6) is 0 Å². The van der Waals surface area contributed by atoms with Crippen molar-refractivity contribution < 1.29 is 9.18 Å². The van der Waals surface area contributed by atoms with Crippen LogP contribution < -0.4 is 10.6 Å². The standard InChI is InChI=1S/C12H16FN3O/c1-14-11-9(3-2-4-10(11)13)12(17)16-7-5-15-6-8-16/h2-4,14-15H,5-8H2,1H3. The van der Waals surface area contributed by atoms with Crippen molar-refractivity contribution >= 4 is 11.6 Å². The minimum Gasteiger partial charge on any atom is -0.385 e. The first-order valence-electron chi connectivity index (χ1n) is 5.70. The molecule has 0 saturated carbocycles. The van der Waals surface area contributed by atoms with Gasteiger partial charge in [0, 0.05) is 33.2 Å². The topological polar surface area (TPSA) is 44.4 Å². The van der Waals surface area contributed by atoms with Gasteiger partial charge in [0.15, 0.2) is 0 Å². The number of amides is 1. The molecule has 1 aliphatic rings. The number of hydrogen-bond acceptors (Lipinski definition) is 3. The van der Waals surface area contributed by atoms with Gasteiger partial charge >= 0.3 is 0 Å². The van der Waals surface area contributed by atoms with Crippen LogP contribution in [0, 0.1) is 5.82 Å². The van der Waals surface area contributed by atoms with Crippen molar-refractivity contribution in [1.82, 2.24) is 10.2 Å². The molecule has 1 amide bonds. The Balaban J connectivity index is 2.26. The summed E-state index contributed by atoms with van der Waals surface area (Å²) in [5.41, 5.74) is 0.672. The fourth-order valence-electron chi connectivity index (χ4n) is 1.99. The average Bonchev–Trinajstić information content (AvgIpc) is 2.38. The molecule has 17 heavy (non-hydrogen) atoms. The second-order valence-electron chi connectivity index (χ2n) is 3.95. The molecule has 0 atom stereocenters. The summed E-state index contributed by atoms with van der Waals surface area (Å²) < 4.78 is 13.5. The third-order valence-electron chi connectivity index (χ3n) is 2.90. The number of anilines is 1. The summed E-state index contributed by atoms with van der Waals surface area (Å²) in [5.74, 6) is -0.510. The second-order valence-corrected chi connectivity index (χ2v) is 3.95. The van der Waals surface area contributed by atoms with E-state index in [9.17, 15) is 9.18 Å². The largest absolute Gasteiger partial charge is 0.385 e. The predicted octanol–water partition coefficient (Wildman–Crippen LogP) is 0.913. The number of hydrogen-bond donors (Lipinski definition) is 2. The minimum absolute atomic E-state index is 0.115. The Morgan fingerprint density at radius 2 is 2.12 bits per heavy atom. The number of piperazine rings is 1. The molecule has 5 heteroatoms. The molecule has 0 spiro atoms. The van der Waals surface area contributed by atoms with Gasteiger partial charge < -0.3 is 15.5 Å². The second kappa shape index (κ2) is 5.14. The Kier molecular flexibility index (Phi) is 3.58. The summed E-state index contributed by atoms with van der Waals surface area (Å²) in [4.78, 5) is 14.0. The lowest BCUT2D eigenvalue weighted by atomic mass is 10.1. The van der Waals surface area contributed by atoms with E-state index in [-0.39, 0.29) is 11.6 Å². The maximum absolute atomic E-state index is 13.5. The molecule has 92 valence electrons. The van der Waals surface area contributed by atoms with E-state index < -0.39 is 5.82 Å². The first-order chi connectivity index (χ1) is 8.24. The first-order valence-corrected chi connectivity index (χ1v) is 5.70. The quantitative estimate of drug-likeness (QED) is 0.803. The molecule has 0 radical (unpaired) electrons. The van der Waals surface area contributed by atoms with Crippen molar-refractivity contribution in [3.8, 4) is 0 Å². The third-order valence-corrected chi connectivity index (χ3v) is 2.90. The van der Waals surface area contributed by atoms with Crippen molar-refractivity contribution in [2.75, 3.05) is 38.5 Å². The highest BCUT2D eigenvalue weighted by molar-refractivity contribution is 5.99. The number of carbonyl (C=O) groups excluding carboxylic acids is 1. The van der Waals surface area contributed by atoms with E-state index in [4.69, 9.17) is 0 Å². The van der Waals surface area contributed by atoms with Crippen LogP contribution in [0.1, 0.15) is 10.4 Å². The lowest BCUT2D eigenvalue weighted by Crippen LogP contribution is -2.46. The van der Waals surface area contributed by atoms with Gasteiger partial charge in [-0.25, -0.2) is 4.39 Å². The summed E-state index contributed by atoms with van der Waals surface area (Å²) in [6.07, 6.45) is 0. The predicted molar refractivity (Wildman–Crippen MR) is 64.7 cm³/mol. The first kappa shape index (κ1) is 11.9. The van der Waals surface area contributed by atoms with Crippen LogP contribution >= 0.6 is 0 Å². The Hall–Kier alpha value is -1.62. The van der Waals surface area contributed by atoms with E-state index in [1.807, 2.05) is 0 Å². The fraction of sp³-hybridized carbons (Fsp3) is 0.417. The van der Waals surface area contributed by atoms with Gasteiger partial charge in [0.25, 0.3) is 5.91 Å². The lowest BCUT2D eigenvalue weighted by molar-refractivity contribution is 0.0736. The number of nitrogens with zero attached hydrogens (tertiary/aromatic N) is 1. The molecule has 0 aliphatic carbocycles. The molecule has 1 saturated heterocycles. The lowest BCUT2D eigenvalue weighted by Gasteiger charge is -2.28. The number of para-hydroxylation sites is 1. The summed E-state index contributed by atoms with van der Waals surface area (Å²) >= 11 is 0. The highest BCUT2D eigenvalue weighted by atomic mass is 19.1. The molecular weight excluding hydrogens is 221 g/mol. The number of carbonyl (C=O) groups is 1. The minimum atomic E-state index is -0.395. The van der Waals surface area contributed by atoms with Gasteiger partial charge in [-0.3, -0.25) is 4.79 Å². The van der Waals surface area contributed by atoms with Crippen LogP contribution in [-0.2, 0) is 0 Å². The van der Waals surface area contributed by atoms with Gasteiger partial charge in [0.2, 0.25) is 0 Å². The number of nitrogens with one attached hydrogen (secondary N) is 2. The smallest absolute Gasteiger partial charge is 0.256 e. The van der Waals surface area contributed by atoms with E-state index in [1.165, 1.54) is 6.07 Å². The zero-order chi connectivity index (χ0) is 12.3. The Labute approximate surface area is 99.8 Å². The average molecular weight is 237 g/mol. The molecule has 1 aromatic carbocycles. The summed E-state index contributed by atoms with van der Waals surface area (Å²) in [5, 5.41) is 5.92. The van der Waals surface area contributed by atoms with E-state index in [0.717, 1.165) is 13.1 Å². The molecule has 1 fully saturated rings. The summed E-state index contributed by atoms with van der Waals surface area (Å²) in [6, 6.07) is 4.56. The molecule has 0 unspecified atom stereocenters. The number of halogens is 1. The van der Waals surface area contributed by atoms with Crippen LogP contribution in [0.15, 0.2) is 18.2 Å². The normalized spacial score (nSPS) is 15.8. The molecular formula is C12H16FN3O. The fourth-order valence-corrected chi connectivity index (χ4v) is 1.99. The summed E-state index contributed by atoms with van der Waals surface area (Å²) in [6.45, 7) is 2.91. The molecule has 4 nitrogen and oxygen atoms in total. The number of benzene rings is 1. The maximum Gasteiger partial charge on any atom is 0.256 e. The maximum atomic E-state index is 13.5. The van der Waals surface area contributed by atoms with Crippen molar-refractivity contribution in [2.24, 2.45) is 0 Å². The third kappa shape index (κ3) is 2.39. The van der Waals surface area contributed by atoms with Gasteiger partial charge in [-0.1, -0.05) is 6.07 Å². The van der Waals surface area contributed by atoms with Gasteiger partial charge in [0.05, 0.1) is 11.3 Å². The van der Waals surface area contributed by atoms with Crippen LogP contribution in [-0.4, -0.2) is 44.0 Å². The van der Waals surface area contributed by atoms with Gasteiger partial charge in [-0.2, -0.15) is 0 Å². The van der Waals surface area contributed by atoms with Crippen molar-refractivity contribution in [2.45, 2.75) is 0 Å². The Morgan fingerprint density at radius 3 is 2.76 bits per heavy atom. The molecule has 1 heterocycles. The monoisotopic (exact) mass is 237 g/mol. The summed E-state index contributed by atoms with van der Waals surface area (Å²) in [7, 11) is 1.62. The van der Waals surface area contributed by atoms with E-state index >= 15 is 0 Å². The van der Waals surface area contributed by atoms with E-state index in [1.54, 1.807) is 24.1 Å². The van der Waals surface area contributed by atoms with Gasteiger partial charge in [0.1, 0.15) is 5.82 Å². The molecule has 0 bridgehead atoms.